The van der Waals surface area contributed by atoms with E-state index in [1.54, 1.807) is 12.5 Å². The second kappa shape index (κ2) is 5.70. The monoisotopic (exact) mass is 193 g/mol. The SMILES string of the molecule is CCCNC(C)C(C)c1ccncn1. The molecule has 0 spiro atoms. The first-order valence-corrected chi connectivity index (χ1v) is 5.25. The molecule has 0 aliphatic rings. The van der Waals surface area contributed by atoms with E-state index in [0.717, 1.165) is 12.2 Å². The van der Waals surface area contributed by atoms with Crippen LogP contribution in [0.15, 0.2) is 18.6 Å². The first kappa shape index (κ1) is 11.1. The summed E-state index contributed by atoms with van der Waals surface area (Å²) in [6.45, 7) is 7.63. The third-order valence-corrected chi connectivity index (χ3v) is 2.54. The van der Waals surface area contributed by atoms with Crippen molar-refractivity contribution in [1.82, 2.24) is 15.3 Å². The van der Waals surface area contributed by atoms with Gasteiger partial charge in [0.15, 0.2) is 0 Å². The van der Waals surface area contributed by atoms with Crippen molar-refractivity contribution in [1.29, 1.82) is 0 Å². The van der Waals surface area contributed by atoms with E-state index in [1.807, 2.05) is 6.07 Å². The molecule has 14 heavy (non-hydrogen) atoms. The Kier molecular flexibility index (Phi) is 4.53. The number of hydrogen-bond donors (Lipinski definition) is 1. The van der Waals surface area contributed by atoms with Gasteiger partial charge >= 0.3 is 0 Å². The van der Waals surface area contributed by atoms with Crippen LogP contribution in [0.25, 0.3) is 0 Å². The first-order valence-electron chi connectivity index (χ1n) is 5.25. The minimum atomic E-state index is 0.435. The van der Waals surface area contributed by atoms with Crippen LogP contribution in [0.5, 0.6) is 0 Å². The lowest BCUT2D eigenvalue weighted by Crippen LogP contribution is -2.31. The molecule has 0 amide bonds. The van der Waals surface area contributed by atoms with Gasteiger partial charge in [-0.15, -0.1) is 0 Å². The first-order chi connectivity index (χ1) is 6.75. The predicted molar refractivity (Wildman–Crippen MR) is 58.2 cm³/mol. The normalized spacial score (nSPS) is 15.1. The van der Waals surface area contributed by atoms with E-state index in [9.17, 15) is 0 Å². The summed E-state index contributed by atoms with van der Waals surface area (Å²) in [7, 11) is 0. The maximum absolute atomic E-state index is 4.26. The highest BCUT2D eigenvalue weighted by Gasteiger charge is 2.13. The number of hydrogen-bond acceptors (Lipinski definition) is 3. The zero-order valence-corrected chi connectivity index (χ0v) is 9.20. The quantitative estimate of drug-likeness (QED) is 0.777. The van der Waals surface area contributed by atoms with Crippen LogP contribution in [0.3, 0.4) is 0 Å². The summed E-state index contributed by atoms with van der Waals surface area (Å²) in [5.41, 5.74) is 1.11. The van der Waals surface area contributed by atoms with Crippen LogP contribution in [-0.2, 0) is 0 Å². The molecular weight excluding hydrogens is 174 g/mol. The lowest BCUT2D eigenvalue weighted by atomic mass is 9.99. The molecule has 1 aromatic rings. The van der Waals surface area contributed by atoms with Gasteiger partial charge in [-0.1, -0.05) is 13.8 Å². The molecule has 3 nitrogen and oxygen atoms in total. The smallest absolute Gasteiger partial charge is 0.115 e. The molecule has 0 saturated heterocycles. The highest BCUT2D eigenvalue weighted by molar-refractivity contribution is 5.06. The average molecular weight is 193 g/mol. The van der Waals surface area contributed by atoms with Gasteiger partial charge < -0.3 is 5.32 Å². The fraction of sp³-hybridized carbons (Fsp3) is 0.636. The van der Waals surface area contributed by atoms with Gasteiger partial charge in [0.25, 0.3) is 0 Å². The lowest BCUT2D eigenvalue weighted by Gasteiger charge is -2.20. The molecule has 1 N–H and O–H groups in total. The third-order valence-electron chi connectivity index (χ3n) is 2.54. The fourth-order valence-electron chi connectivity index (χ4n) is 1.38. The van der Waals surface area contributed by atoms with Crippen molar-refractivity contribution in [3.05, 3.63) is 24.3 Å². The molecule has 2 unspecified atom stereocenters. The van der Waals surface area contributed by atoms with Gasteiger partial charge in [0.05, 0.1) is 0 Å². The highest BCUT2D eigenvalue weighted by atomic mass is 14.9. The Hall–Kier alpha value is -0.960. The zero-order valence-electron chi connectivity index (χ0n) is 9.20. The van der Waals surface area contributed by atoms with Crippen molar-refractivity contribution in [3.63, 3.8) is 0 Å². The number of nitrogens with zero attached hydrogens (tertiary/aromatic N) is 2. The summed E-state index contributed by atoms with van der Waals surface area (Å²) in [6.07, 6.45) is 4.57. The summed E-state index contributed by atoms with van der Waals surface area (Å²) in [5, 5.41) is 3.47. The molecule has 78 valence electrons. The van der Waals surface area contributed by atoms with E-state index in [-0.39, 0.29) is 0 Å². The minimum absolute atomic E-state index is 0.435. The van der Waals surface area contributed by atoms with E-state index < -0.39 is 0 Å². The van der Waals surface area contributed by atoms with Crippen LogP contribution >= 0.6 is 0 Å². The summed E-state index contributed by atoms with van der Waals surface area (Å²) < 4.78 is 0. The molecule has 0 radical (unpaired) electrons. The van der Waals surface area contributed by atoms with Gasteiger partial charge in [0.2, 0.25) is 0 Å². The van der Waals surface area contributed by atoms with Crippen LogP contribution in [0, 0.1) is 0 Å². The Morgan fingerprint density at radius 3 is 2.79 bits per heavy atom. The summed E-state index contributed by atoms with van der Waals surface area (Å²) in [5.74, 6) is 0.435. The zero-order chi connectivity index (χ0) is 10.4. The van der Waals surface area contributed by atoms with Crippen molar-refractivity contribution < 1.29 is 0 Å². The van der Waals surface area contributed by atoms with Crippen molar-refractivity contribution in [3.8, 4) is 0 Å². The summed E-state index contributed by atoms with van der Waals surface area (Å²) >= 11 is 0. The molecule has 0 aromatic carbocycles. The topological polar surface area (TPSA) is 37.8 Å². The number of nitrogens with one attached hydrogen (secondary N) is 1. The molecular formula is C11H19N3. The third kappa shape index (κ3) is 3.07. The second-order valence-corrected chi connectivity index (χ2v) is 3.67. The van der Waals surface area contributed by atoms with Crippen molar-refractivity contribution in [2.75, 3.05) is 6.54 Å². The largest absolute Gasteiger partial charge is 0.314 e. The molecule has 0 saturated carbocycles. The molecule has 1 rings (SSSR count). The summed E-state index contributed by atoms with van der Waals surface area (Å²) in [6, 6.07) is 2.44. The Balaban J connectivity index is 2.52. The van der Waals surface area contributed by atoms with Gasteiger partial charge in [-0.2, -0.15) is 0 Å². The van der Waals surface area contributed by atoms with Gasteiger partial charge in [-0.05, 0) is 26.0 Å². The van der Waals surface area contributed by atoms with Crippen LogP contribution in [0.4, 0.5) is 0 Å². The van der Waals surface area contributed by atoms with Gasteiger partial charge in [0.1, 0.15) is 6.33 Å². The Labute approximate surface area is 86.0 Å². The summed E-state index contributed by atoms with van der Waals surface area (Å²) in [4.78, 5) is 8.17. The standard InChI is InChI=1S/C11H19N3/c1-4-6-13-10(3)9(2)11-5-7-12-8-14-11/h5,7-10,13H,4,6H2,1-3H3. The minimum Gasteiger partial charge on any atom is -0.314 e. The Bertz CT molecular complexity index is 248. The van der Waals surface area contributed by atoms with Crippen LogP contribution in [-0.4, -0.2) is 22.6 Å². The Morgan fingerprint density at radius 1 is 1.43 bits per heavy atom. The maximum atomic E-state index is 4.26. The molecule has 3 heteroatoms. The number of rotatable bonds is 5. The van der Waals surface area contributed by atoms with E-state index in [4.69, 9.17) is 0 Å². The maximum Gasteiger partial charge on any atom is 0.115 e. The van der Waals surface area contributed by atoms with Crippen molar-refractivity contribution >= 4 is 0 Å². The van der Waals surface area contributed by atoms with Gasteiger partial charge in [-0.25, -0.2) is 9.97 Å². The van der Waals surface area contributed by atoms with Gasteiger partial charge in [0, 0.05) is 23.9 Å². The van der Waals surface area contributed by atoms with Crippen LogP contribution < -0.4 is 5.32 Å². The van der Waals surface area contributed by atoms with E-state index in [2.05, 4.69) is 36.1 Å². The molecule has 2 atom stereocenters. The van der Waals surface area contributed by atoms with Crippen molar-refractivity contribution in [2.24, 2.45) is 0 Å². The highest BCUT2D eigenvalue weighted by Crippen LogP contribution is 2.15. The van der Waals surface area contributed by atoms with E-state index >= 15 is 0 Å². The Morgan fingerprint density at radius 2 is 2.21 bits per heavy atom. The van der Waals surface area contributed by atoms with Crippen LogP contribution in [0.2, 0.25) is 0 Å². The average Bonchev–Trinajstić information content (AvgIpc) is 2.26. The molecule has 0 bridgehead atoms. The molecule has 0 aliphatic heterocycles. The van der Waals surface area contributed by atoms with E-state index in [0.29, 0.717) is 12.0 Å². The predicted octanol–water partition coefficient (Wildman–Crippen LogP) is 1.97. The van der Waals surface area contributed by atoms with Crippen molar-refractivity contribution in [2.45, 2.75) is 39.2 Å². The van der Waals surface area contributed by atoms with Gasteiger partial charge in [-0.3, -0.25) is 0 Å². The molecule has 1 heterocycles. The molecule has 0 aliphatic carbocycles. The second-order valence-electron chi connectivity index (χ2n) is 3.67. The lowest BCUT2D eigenvalue weighted by molar-refractivity contribution is 0.474. The molecule has 1 aromatic heterocycles. The number of aromatic nitrogens is 2. The van der Waals surface area contributed by atoms with Crippen LogP contribution in [0.1, 0.15) is 38.8 Å². The molecule has 0 fully saturated rings. The van der Waals surface area contributed by atoms with E-state index in [1.165, 1.54) is 6.42 Å². The fourth-order valence-corrected chi connectivity index (χ4v) is 1.38.